The Balaban J connectivity index is 2.97. The van der Waals surface area contributed by atoms with E-state index in [2.05, 4.69) is 6.58 Å². The van der Waals surface area contributed by atoms with Crippen LogP contribution in [0.5, 0.6) is 5.75 Å². The molecule has 6 nitrogen and oxygen atoms in total. The van der Waals surface area contributed by atoms with Gasteiger partial charge in [-0.1, -0.05) is 24.8 Å². The number of primary amides is 1. The molecule has 23 heavy (non-hydrogen) atoms. The lowest BCUT2D eigenvalue weighted by Gasteiger charge is -2.38. The smallest absolute Gasteiger partial charge is 0.408 e. The van der Waals surface area contributed by atoms with Crippen molar-refractivity contribution in [1.82, 2.24) is 4.90 Å². The van der Waals surface area contributed by atoms with Crippen LogP contribution in [0.15, 0.2) is 36.9 Å². The van der Waals surface area contributed by atoms with Crippen LogP contribution in [0.1, 0.15) is 26.3 Å². The zero-order valence-electron chi connectivity index (χ0n) is 13.8. The highest BCUT2D eigenvalue weighted by Gasteiger charge is 2.36. The second-order valence-electron chi connectivity index (χ2n) is 6.19. The number of nitrogens with zero attached hydrogens (tertiary/aromatic N) is 1. The predicted octanol–water partition coefficient (Wildman–Crippen LogP) is 2.43. The SMILES string of the molecule is C=CCOc1ccc(C[C@@H](C(N)=O)N(C(=O)O)C(C)(C)C)cc1. The van der Waals surface area contributed by atoms with Crippen molar-refractivity contribution in [2.75, 3.05) is 6.61 Å². The van der Waals surface area contributed by atoms with E-state index in [0.29, 0.717) is 12.4 Å². The average Bonchev–Trinajstić information content (AvgIpc) is 2.43. The zero-order chi connectivity index (χ0) is 17.6. The summed E-state index contributed by atoms with van der Waals surface area (Å²) in [5.41, 5.74) is 5.50. The van der Waals surface area contributed by atoms with Crippen molar-refractivity contribution in [1.29, 1.82) is 0 Å². The van der Waals surface area contributed by atoms with E-state index in [-0.39, 0.29) is 6.42 Å². The summed E-state index contributed by atoms with van der Waals surface area (Å²) in [6.45, 7) is 9.15. The highest BCUT2D eigenvalue weighted by Crippen LogP contribution is 2.21. The molecule has 126 valence electrons. The van der Waals surface area contributed by atoms with Gasteiger partial charge in [0.25, 0.3) is 0 Å². The minimum atomic E-state index is -1.17. The number of carbonyl (C=O) groups is 2. The van der Waals surface area contributed by atoms with Crippen molar-refractivity contribution < 1.29 is 19.4 Å². The van der Waals surface area contributed by atoms with Gasteiger partial charge in [0.15, 0.2) is 0 Å². The molecule has 0 bridgehead atoms. The third kappa shape index (κ3) is 5.32. The number of amides is 2. The largest absolute Gasteiger partial charge is 0.490 e. The molecule has 0 unspecified atom stereocenters. The number of rotatable bonds is 7. The number of carbonyl (C=O) groups excluding carboxylic acids is 1. The van der Waals surface area contributed by atoms with E-state index in [0.717, 1.165) is 10.5 Å². The van der Waals surface area contributed by atoms with Crippen LogP contribution in [0.25, 0.3) is 0 Å². The molecule has 6 heteroatoms. The fourth-order valence-electron chi connectivity index (χ4n) is 2.31. The van der Waals surface area contributed by atoms with Gasteiger partial charge < -0.3 is 15.6 Å². The number of nitrogens with two attached hydrogens (primary N) is 1. The van der Waals surface area contributed by atoms with Gasteiger partial charge in [0, 0.05) is 12.0 Å². The lowest BCUT2D eigenvalue weighted by molar-refractivity contribution is -0.124. The Morgan fingerprint density at radius 2 is 1.91 bits per heavy atom. The van der Waals surface area contributed by atoms with Crippen molar-refractivity contribution in [3.05, 3.63) is 42.5 Å². The summed E-state index contributed by atoms with van der Waals surface area (Å²) in [7, 11) is 0. The first-order chi connectivity index (χ1) is 10.7. The van der Waals surface area contributed by atoms with E-state index >= 15 is 0 Å². The summed E-state index contributed by atoms with van der Waals surface area (Å²) in [4.78, 5) is 24.4. The van der Waals surface area contributed by atoms with Crippen LogP contribution in [0, 0.1) is 0 Å². The maximum atomic E-state index is 11.8. The van der Waals surface area contributed by atoms with Gasteiger partial charge in [-0.05, 0) is 38.5 Å². The molecule has 0 aromatic heterocycles. The molecule has 0 heterocycles. The van der Waals surface area contributed by atoms with E-state index in [9.17, 15) is 14.7 Å². The number of ether oxygens (including phenoxy) is 1. The number of hydrogen-bond donors (Lipinski definition) is 2. The van der Waals surface area contributed by atoms with Gasteiger partial charge in [-0.15, -0.1) is 0 Å². The van der Waals surface area contributed by atoms with Gasteiger partial charge in [0.1, 0.15) is 18.4 Å². The first kappa shape index (κ1) is 18.5. The second-order valence-corrected chi connectivity index (χ2v) is 6.19. The van der Waals surface area contributed by atoms with Gasteiger partial charge >= 0.3 is 6.09 Å². The first-order valence-electron chi connectivity index (χ1n) is 7.31. The van der Waals surface area contributed by atoms with E-state index in [4.69, 9.17) is 10.5 Å². The van der Waals surface area contributed by atoms with Crippen molar-refractivity contribution in [2.45, 2.75) is 38.8 Å². The monoisotopic (exact) mass is 320 g/mol. The summed E-state index contributed by atoms with van der Waals surface area (Å²) < 4.78 is 5.39. The number of carboxylic acid groups (broad SMARTS) is 1. The number of benzene rings is 1. The molecule has 0 aliphatic carbocycles. The minimum Gasteiger partial charge on any atom is -0.490 e. The summed E-state index contributed by atoms with van der Waals surface area (Å²) in [6.07, 6.45) is 0.679. The van der Waals surface area contributed by atoms with Gasteiger partial charge in [-0.3, -0.25) is 9.69 Å². The summed E-state index contributed by atoms with van der Waals surface area (Å²) in [6, 6.07) is 6.17. The predicted molar refractivity (Wildman–Crippen MR) is 88.4 cm³/mol. The molecular weight excluding hydrogens is 296 g/mol. The Bertz CT molecular complexity index is 561. The second kappa shape index (κ2) is 7.67. The first-order valence-corrected chi connectivity index (χ1v) is 7.31. The molecule has 1 aromatic carbocycles. The average molecular weight is 320 g/mol. The molecule has 2 amide bonds. The van der Waals surface area contributed by atoms with Crippen LogP contribution in [0.4, 0.5) is 4.79 Å². The third-order valence-electron chi connectivity index (χ3n) is 3.29. The van der Waals surface area contributed by atoms with E-state index in [1.54, 1.807) is 51.1 Å². The van der Waals surface area contributed by atoms with E-state index in [1.807, 2.05) is 0 Å². The molecule has 1 rings (SSSR count). The van der Waals surface area contributed by atoms with Crippen LogP contribution in [-0.4, -0.2) is 40.2 Å². The standard InChI is InChI=1S/C17H24N2O4/c1-5-10-23-13-8-6-12(7-9-13)11-14(15(18)20)19(16(21)22)17(2,3)4/h5-9,14H,1,10-11H2,2-4H3,(H2,18,20)(H,21,22)/t14-/m0/s1. The lowest BCUT2D eigenvalue weighted by Crippen LogP contribution is -2.56. The Hall–Kier alpha value is -2.50. The molecule has 1 aromatic rings. The van der Waals surface area contributed by atoms with Gasteiger partial charge in [-0.2, -0.15) is 0 Å². The van der Waals surface area contributed by atoms with Crippen LogP contribution in [0.2, 0.25) is 0 Å². The van der Waals surface area contributed by atoms with Crippen molar-refractivity contribution >= 4 is 12.0 Å². The highest BCUT2D eigenvalue weighted by molar-refractivity contribution is 5.84. The van der Waals surface area contributed by atoms with Gasteiger partial charge in [0.05, 0.1) is 0 Å². The van der Waals surface area contributed by atoms with Crippen molar-refractivity contribution in [2.24, 2.45) is 5.73 Å². The highest BCUT2D eigenvalue weighted by atomic mass is 16.5. The van der Waals surface area contributed by atoms with Crippen LogP contribution in [0.3, 0.4) is 0 Å². The lowest BCUT2D eigenvalue weighted by atomic mass is 9.98. The van der Waals surface area contributed by atoms with Crippen molar-refractivity contribution in [3.63, 3.8) is 0 Å². The summed E-state index contributed by atoms with van der Waals surface area (Å²) >= 11 is 0. The molecule has 0 radical (unpaired) electrons. The fraction of sp³-hybridized carbons (Fsp3) is 0.412. The number of hydrogen-bond acceptors (Lipinski definition) is 3. The zero-order valence-corrected chi connectivity index (χ0v) is 13.8. The Morgan fingerprint density at radius 1 is 1.35 bits per heavy atom. The van der Waals surface area contributed by atoms with Crippen LogP contribution >= 0.6 is 0 Å². The Labute approximate surface area is 136 Å². The molecule has 0 saturated carbocycles. The van der Waals surface area contributed by atoms with E-state index in [1.165, 1.54) is 0 Å². The molecule has 0 saturated heterocycles. The molecule has 0 aliphatic heterocycles. The molecule has 3 N–H and O–H groups in total. The Kier molecular flexibility index (Phi) is 6.18. The molecule has 0 aliphatic rings. The summed E-state index contributed by atoms with van der Waals surface area (Å²) in [5, 5.41) is 9.44. The molecule has 0 fully saturated rings. The fourth-order valence-corrected chi connectivity index (χ4v) is 2.31. The van der Waals surface area contributed by atoms with Crippen molar-refractivity contribution in [3.8, 4) is 5.75 Å². The van der Waals surface area contributed by atoms with Gasteiger partial charge in [-0.25, -0.2) is 4.79 Å². The molecule has 1 atom stereocenters. The molecule has 0 spiro atoms. The Morgan fingerprint density at radius 3 is 2.30 bits per heavy atom. The maximum Gasteiger partial charge on any atom is 0.408 e. The third-order valence-corrected chi connectivity index (χ3v) is 3.29. The van der Waals surface area contributed by atoms with Gasteiger partial charge in [0.2, 0.25) is 5.91 Å². The maximum absolute atomic E-state index is 11.8. The summed E-state index contributed by atoms with van der Waals surface area (Å²) in [5.74, 6) is 0.00416. The normalized spacial score (nSPS) is 12.3. The van der Waals surface area contributed by atoms with Crippen LogP contribution < -0.4 is 10.5 Å². The quantitative estimate of drug-likeness (QED) is 0.755. The van der Waals surface area contributed by atoms with E-state index < -0.39 is 23.6 Å². The topological polar surface area (TPSA) is 92.9 Å². The molecular formula is C17H24N2O4. The minimum absolute atomic E-state index is 0.209. The van der Waals surface area contributed by atoms with Crippen LogP contribution in [-0.2, 0) is 11.2 Å².